The van der Waals surface area contributed by atoms with Crippen molar-refractivity contribution in [1.29, 1.82) is 0 Å². The van der Waals surface area contributed by atoms with Gasteiger partial charge in [-0.15, -0.1) is 6.42 Å². The fourth-order valence-electron chi connectivity index (χ4n) is 2.74. The molecular formula is C21H20ClNO3. The molecule has 0 unspecified atom stereocenters. The summed E-state index contributed by atoms with van der Waals surface area (Å²) in [4.78, 5) is 26.9. The van der Waals surface area contributed by atoms with E-state index in [4.69, 9.17) is 22.8 Å². The minimum Gasteiger partial charge on any atom is -0.467 e. The molecule has 0 N–H and O–H groups in total. The number of amides is 1. The Balaban J connectivity index is 2.40. The van der Waals surface area contributed by atoms with Crippen molar-refractivity contribution in [3.8, 4) is 12.3 Å². The topological polar surface area (TPSA) is 46.6 Å². The summed E-state index contributed by atoms with van der Waals surface area (Å²) in [5.41, 5.74) is 2.07. The first-order valence-corrected chi connectivity index (χ1v) is 8.48. The van der Waals surface area contributed by atoms with Gasteiger partial charge in [-0.2, -0.15) is 0 Å². The van der Waals surface area contributed by atoms with Crippen molar-refractivity contribution in [1.82, 2.24) is 4.90 Å². The summed E-state index contributed by atoms with van der Waals surface area (Å²) in [5.74, 6) is 1.63. The molecule has 0 heterocycles. The van der Waals surface area contributed by atoms with Crippen LogP contribution in [0.3, 0.4) is 0 Å². The van der Waals surface area contributed by atoms with Crippen molar-refractivity contribution < 1.29 is 14.3 Å². The number of hydrogen-bond acceptors (Lipinski definition) is 3. The van der Waals surface area contributed by atoms with Gasteiger partial charge in [0, 0.05) is 17.0 Å². The Morgan fingerprint density at radius 2 is 1.92 bits per heavy atom. The number of halogens is 1. The number of ether oxygens (including phenoxy) is 1. The van der Waals surface area contributed by atoms with Gasteiger partial charge in [0.2, 0.25) is 0 Å². The normalized spacial score (nSPS) is 11.3. The highest BCUT2D eigenvalue weighted by molar-refractivity contribution is 6.30. The largest absolute Gasteiger partial charge is 0.467 e. The second-order valence-corrected chi connectivity index (χ2v) is 6.26. The van der Waals surface area contributed by atoms with Gasteiger partial charge in [-0.1, -0.05) is 47.9 Å². The molecule has 0 aliphatic rings. The van der Waals surface area contributed by atoms with Crippen LogP contribution in [0.4, 0.5) is 0 Å². The predicted molar refractivity (Wildman–Crippen MR) is 102 cm³/mol. The molecule has 0 bridgehead atoms. The second kappa shape index (κ2) is 9.07. The number of benzene rings is 2. The van der Waals surface area contributed by atoms with Crippen molar-refractivity contribution in [3.63, 3.8) is 0 Å². The minimum atomic E-state index is -0.818. The lowest BCUT2D eigenvalue weighted by Gasteiger charge is -2.29. The smallest absolute Gasteiger partial charge is 0.328 e. The Morgan fingerprint density at radius 1 is 1.23 bits per heavy atom. The van der Waals surface area contributed by atoms with Gasteiger partial charge in [0.1, 0.15) is 6.04 Å². The zero-order chi connectivity index (χ0) is 19.1. The van der Waals surface area contributed by atoms with E-state index in [1.54, 1.807) is 25.1 Å². The lowest BCUT2D eigenvalue weighted by molar-refractivity contribution is -0.145. The molecule has 0 aromatic heterocycles. The molecular weight excluding hydrogens is 350 g/mol. The van der Waals surface area contributed by atoms with Gasteiger partial charge >= 0.3 is 5.97 Å². The maximum Gasteiger partial charge on any atom is 0.328 e. The summed E-state index contributed by atoms with van der Waals surface area (Å²) in [5, 5.41) is 0.538. The Labute approximate surface area is 158 Å². The third kappa shape index (κ3) is 4.65. The number of methoxy groups -OCH3 is 1. The number of aryl methyl sites for hydroxylation is 1. The molecule has 134 valence electrons. The summed E-state index contributed by atoms with van der Waals surface area (Å²) < 4.78 is 4.92. The van der Waals surface area contributed by atoms with E-state index >= 15 is 0 Å². The number of terminal acetylenes is 1. The molecule has 0 fully saturated rings. The van der Waals surface area contributed by atoms with Crippen molar-refractivity contribution in [2.24, 2.45) is 0 Å². The Kier molecular flexibility index (Phi) is 6.82. The van der Waals surface area contributed by atoms with E-state index < -0.39 is 12.0 Å². The van der Waals surface area contributed by atoms with Gasteiger partial charge in [-0.05, 0) is 36.2 Å². The molecule has 0 saturated heterocycles. The fourth-order valence-corrected chi connectivity index (χ4v) is 2.96. The van der Waals surface area contributed by atoms with Gasteiger partial charge in [0.05, 0.1) is 13.7 Å². The number of hydrogen-bond donors (Lipinski definition) is 0. The molecule has 1 amide bonds. The summed E-state index contributed by atoms with van der Waals surface area (Å²) in [6, 6.07) is 13.6. The lowest BCUT2D eigenvalue weighted by atomic mass is 10.0. The van der Waals surface area contributed by atoms with Crippen molar-refractivity contribution in [2.75, 3.05) is 13.7 Å². The van der Waals surface area contributed by atoms with Crippen LogP contribution < -0.4 is 0 Å². The summed E-state index contributed by atoms with van der Waals surface area (Å²) in [7, 11) is 1.30. The molecule has 2 rings (SSSR count). The molecule has 0 spiro atoms. The molecule has 0 aliphatic heterocycles. The van der Waals surface area contributed by atoms with Gasteiger partial charge in [0.25, 0.3) is 5.91 Å². The number of rotatable bonds is 6. The van der Waals surface area contributed by atoms with Crippen molar-refractivity contribution in [2.45, 2.75) is 19.4 Å². The Hall–Kier alpha value is -2.77. The van der Waals surface area contributed by atoms with E-state index in [2.05, 4.69) is 5.92 Å². The first-order valence-electron chi connectivity index (χ1n) is 8.10. The minimum absolute atomic E-state index is 0.00645. The van der Waals surface area contributed by atoms with E-state index in [0.29, 0.717) is 22.6 Å². The quantitative estimate of drug-likeness (QED) is 0.578. The fraction of sp³-hybridized carbons (Fsp3) is 0.238. The van der Waals surface area contributed by atoms with E-state index in [0.717, 1.165) is 5.56 Å². The maximum absolute atomic E-state index is 13.1. The highest BCUT2D eigenvalue weighted by atomic mass is 35.5. The van der Waals surface area contributed by atoms with Gasteiger partial charge in [-0.3, -0.25) is 4.79 Å². The standard InChI is InChI=1S/C21H20ClNO3/c1-4-12-23(20(24)18-11-10-17(22)13-15(18)2)19(21(25)26-3)14-16-8-6-5-7-9-16/h1,5-11,13,19H,12,14H2,2-3H3/t19-/m0/s1. The monoisotopic (exact) mass is 369 g/mol. The molecule has 26 heavy (non-hydrogen) atoms. The van der Waals surface area contributed by atoms with Crippen molar-refractivity contribution >= 4 is 23.5 Å². The second-order valence-electron chi connectivity index (χ2n) is 5.83. The number of nitrogens with zero attached hydrogens (tertiary/aromatic N) is 1. The highest BCUT2D eigenvalue weighted by Gasteiger charge is 2.31. The molecule has 0 aliphatic carbocycles. The lowest BCUT2D eigenvalue weighted by Crippen LogP contribution is -2.47. The van der Waals surface area contributed by atoms with Crippen LogP contribution >= 0.6 is 11.6 Å². The van der Waals surface area contributed by atoms with Crippen LogP contribution in [0.5, 0.6) is 0 Å². The molecule has 2 aromatic carbocycles. The van der Waals surface area contributed by atoms with E-state index in [1.807, 2.05) is 30.3 Å². The summed E-state index contributed by atoms with van der Waals surface area (Å²) in [6.07, 6.45) is 5.78. The van der Waals surface area contributed by atoms with Gasteiger partial charge in [0.15, 0.2) is 0 Å². The first-order chi connectivity index (χ1) is 12.5. The molecule has 0 saturated carbocycles. The highest BCUT2D eigenvalue weighted by Crippen LogP contribution is 2.20. The number of esters is 1. The van der Waals surface area contributed by atoms with Crippen LogP contribution in [0.15, 0.2) is 48.5 Å². The average Bonchev–Trinajstić information content (AvgIpc) is 2.64. The van der Waals surface area contributed by atoms with Crippen LogP contribution in [-0.2, 0) is 16.0 Å². The average molecular weight is 370 g/mol. The molecule has 5 heteroatoms. The summed E-state index contributed by atoms with van der Waals surface area (Å²) in [6.45, 7) is 1.78. The maximum atomic E-state index is 13.1. The van der Waals surface area contributed by atoms with Gasteiger partial charge in [-0.25, -0.2) is 4.79 Å². The number of carbonyl (C=O) groups excluding carboxylic acids is 2. The van der Waals surface area contributed by atoms with Crippen molar-refractivity contribution in [3.05, 3.63) is 70.2 Å². The molecule has 2 aromatic rings. The van der Waals surface area contributed by atoms with Gasteiger partial charge < -0.3 is 9.64 Å². The third-order valence-electron chi connectivity index (χ3n) is 4.06. The molecule has 1 atom stereocenters. The number of carbonyl (C=O) groups is 2. The van der Waals surface area contributed by atoms with E-state index in [9.17, 15) is 9.59 Å². The van der Waals surface area contributed by atoms with Crippen LogP contribution in [0.2, 0.25) is 5.02 Å². The Bertz CT molecular complexity index is 827. The zero-order valence-corrected chi connectivity index (χ0v) is 15.5. The molecule has 4 nitrogen and oxygen atoms in total. The Morgan fingerprint density at radius 3 is 2.50 bits per heavy atom. The zero-order valence-electron chi connectivity index (χ0n) is 14.7. The van der Waals surface area contributed by atoms with Crippen LogP contribution in [0, 0.1) is 19.3 Å². The first kappa shape index (κ1) is 19.6. The van der Waals surface area contributed by atoms with Crippen LogP contribution in [0.25, 0.3) is 0 Å². The van der Waals surface area contributed by atoms with E-state index in [1.165, 1.54) is 12.0 Å². The summed E-state index contributed by atoms with van der Waals surface area (Å²) >= 11 is 5.97. The van der Waals surface area contributed by atoms with E-state index in [-0.39, 0.29) is 12.5 Å². The predicted octanol–water partition coefficient (Wildman–Crippen LogP) is 3.51. The molecule has 0 radical (unpaired) electrons. The van der Waals surface area contributed by atoms with Crippen LogP contribution in [0.1, 0.15) is 21.5 Å². The van der Waals surface area contributed by atoms with Crippen LogP contribution in [-0.4, -0.2) is 36.5 Å². The SMILES string of the molecule is C#CCN(C(=O)c1ccc(Cl)cc1C)[C@@H](Cc1ccccc1)C(=O)OC. The third-order valence-corrected chi connectivity index (χ3v) is 4.30.